The summed E-state index contributed by atoms with van der Waals surface area (Å²) in [7, 11) is 0. The van der Waals surface area contributed by atoms with Crippen molar-refractivity contribution in [2.24, 2.45) is 10.9 Å². The molecule has 5 nitrogen and oxygen atoms in total. The molecule has 2 heterocycles. The Kier molecular flexibility index (Phi) is 5.62. The maximum absolute atomic E-state index is 13.4. The monoisotopic (exact) mass is 408 g/mol. The van der Waals surface area contributed by atoms with Gasteiger partial charge in [-0.1, -0.05) is 59.9 Å². The van der Waals surface area contributed by atoms with Crippen molar-refractivity contribution in [3.05, 3.63) is 79.0 Å². The molecule has 6 heteroatoms. The molecule has 2 aliphatic rings. The average Bonchev–Trinajstić information content (AvgIpc) is 3.03. The van der Waals surface area contributed by atoms with Crippen molar-refractivity contribution >= 4 is 23.4 Å². The van der Waals surface area contributed by atoms with Crippen LogP contribution in [0.25, 0.3) is 6.08 Å². The first-order chi connectivity index (χ1) is 14.1. The van der Waals surface area contributed by atoms with E-state index < -0.39 is 12.0 Å². The molecule has 2 atom stereocenters. The smallest absolute Gasteiger partial charge is 0.338 e. The van der Waals surface area contributed by atoms with Crippen molar-refractivity contribution < 1.29 is 9.53 Å². The molecular weight excluding hydrogens is 384 g/mol. The number of benzene rings is 1. The molecule has 0 bridgehead atoms. The van der Waals surface area contributed by atoms with Gasteiger partial charge in [0, 0.05) is 0 Å². The minimum Gasteiger partial charge on any atom is -0.463 e. The average molecular weight is 409 g/mol. The van der Waals surface area contributed by atoms with Crippen LogP contribution in [0.2, 0.25) is 0 Å². The number of carbonyl (C=O) groups excluding carboxylic acids is 1. The van der Waals surface area contributed by atoms with Gasteiger partial charge in [0.15, 0.2) is 4.80 Å². The van der Waals surface area contributed by atoms with E-state index in [1.54, 1.807) is 11.5 Å². The third-order valence-corrected chi connectivity index (χ3v) is 6.33. The molecule has 0 spiro atoms. The molecular formula is C23H24N2O3S. The van der Waals surface area contributed by atoms with Crippen molar-refractivity contribution in [1.29, 1.82) is 0 Å². The SMILES string of the molecule is CCOC(=O)C1=C(C)N=c2s/c(=C/[C@@H]3CC=CCC3)c(=O)n2[C@@H]1c1ccccc1. The summed E-state index contributed by atoms with van der Waals surface area (Å²) in [5, 5.41) is 0. The van der Waals surface area contributed by atoms with Gasteiger partial charge in [0.2, 0.25) is 0 Å². The molecule has 29 heavy (non-hydrogen) atoms. The second-order valence-electron chi connectivity index (χ2n) is 7.28. The maximum Gasteiger partial charge on any atom is 0.338 e. The van der Waals surface area contributed by atoms with Crippen LogP contribution in [-0.4, -0.2) is 17.1 Å². The number of allylic oxidation sites excluding steroid dienone is 3. The van der Waals surface area contributed by atoms with Gasteiger partial charge in [0.25, 0.3) is 5.56 Å². The van der Waals surface area contributed by atoms with Gasteiger partial charge in [-0.3, -0.25) is 9.36 Å². The number of carbonyl (C=O) groups is 1. The summed E-state index contributed by atoms with van der Waals surface area (Å²) < 4.78 is 7.66. The molecule has 150 valence electrons. The lowest BCUT2D eigenvalue weighted by atomic mass is 9.94. The number of ether oxygens (including phenoxy) is 1. The summed E-state index contributed by atoms with van der Waals surface area (Å²) in [6, 6.07) is 9.09. The summed E-state index contributed by atoms with van der Waals surface area (Å²) >= 11 is 1.40. The Morgan fingerprint density at radius 1 is 1.31 bits per heavy atom. The molecule has 0 saturated heterocycles. The van der Waals surface area contributed by atoms with Gasteiger partial charge in [0.05, 0.1) is 28.5 Å². The van der Waals surface area contributed by atoms with Crippen LogP contribution in [0.5, 0.6) is 0 Å². The maximum atomic E-state index is 13.4. The van der Waals surface area contributed by atoms with Crippen LogP contribution in [0.3, 0.4) is 0 Å². The van der Waals surface area contributed by atoms with Crippen molar-refractivity contribution in [3.8, 4) is 0 Å². The third kappa shape index (κ3) is 3.77. The molecule has 0 N–H and O–H groups in total. The zero-order valence-electron chi connectivity index (χ0n) is 16.6. The topological polar surface area (TPSA) is 60.7 Å². The van der Waals surface area contributed by atoms with E-state index >= 15 is 0 Å². The lowest BCUT2D eigenvalue weighted by Crippen LogP contribution is -2.40. The van der Waals surface area contributed by atoms with Gasteiger partial charge >= 0.3 is 5.97 Å². The van der Waals surface area contributed by atoms with E-state index in [9.17, 15) is 9.59 Å². The predicted molar refractivity (Wildman–Crippen MR) is 114 cm³/mol. The van der Waals surface area contributed by atoms with Crippen LogP contribution in [0, 0.1) is 5.92 Å². The fourth-order valence-corrected chi connectivity index (χ4v) is 5.05. The standard InChI is InChI=1S/C23H24N2O3S/c1-3-28-22(27)19-15(2)24-23-25(20(19)17-12-8-5-9-13-17)21(26)18(29-23)14-16-10-6-4-7-11-16/h4-6,8-9,12-14,16,20H,3,7,10-11H2,1-2H3/b18-14+/t16-,20-/m1/s1. The predicted octanol–water partition coefficient (Wildman–Crippen LogP) is 3.11. The number of thiazole rings is 1. The number of nitrogens with zero attached hydrogens (tertiary/aromatic N) is 2. The molecule has 2 aromatic rings. The largest absolute Gasteiger partial charge is 0.463 e. The van der Waals surface area contributed by atoms with E-state index in [0.29, 0.717) is 26.5 Å². The molecule has 0 saturated carbocycles. The molecule has 1 aliphatic heterocycles. The van der Waals surface area contributed by atoms with Gasteiger partial charge in [-0.2, -0.15) is 0 Å². The highest BCUT2D eigenvalue weighted by Gasteiger charge is 2.33. The Hall–Kier alpha value is -2.73. The zero-order valence-corrected chi connectivity index (χ0v) is 17.4. The summed E-state index contributed by atoms with van der Waals surface area (Å²) in [5.41, 5.74) is 1.81. The number of hydrogen-bond acceptors (Lipinski definition) is 5. The summed E-state index contributed by atoms with van der Waals surface area (Å²) in [5.74, 6) is -0.0588. The number of rotatable bonds is 4. The van der Waals surface area contributed by atoms with Crippen molar-refractivity contribution in [1.82, 2.24) is 4.57 Å². The summed E-state index contributed by atoms with van der Waals surface area (Å²) in [6.45, 7) is 3.86. The van der Waals surface area contributed by atoms with Gasteiger partial charge in [-0.05, 0) is 44.6 Å². The fraction of sp³-hybridized carbons (Fsp3) is 0.348. The summed E-state index contributed by atoms with van der Waals surface area (Å²) in [4.78, 5) is 31.4. The number of fused-ring (bicyclic) bond motifs is 1. The minimum absolute atomic E-state index is 0.0912. The Balaban J connectivity index is 1.90. The highest BCUT2D eigenvalue weighted by molar-refractivity contribution is 7.07. The van der Waals surface area contributed by atoms with E-state index in [0.717, 1.165) is 24.8 Å². The molecule has 4 rings (SSSR count). The second-order valence-corrected chi connectivity index (χ2v) is 8.29. The normalized spacial score (nSPS) is 21.7. The quantitative estimate of drug-likeness (QED) is 0.577. The number of hydrogen-bond donors (Lipinski definition) is 0. The van der Waals surface area contributed by atoms with Crippen LogP contribution >= 0.6 is 11.3 Å². The molecule has 0 amide bonds. The van der Waals surface area contributed by atoms with E-state index in [-0.39, 0.29) is 12.2 Å². The van der Waals surface area contributed by atoms with Gasteiger partial charge in [0.1, 0.15) is 0 Å². The fourth-order valence-electron chi connectivity index (χ4n) is 3.94. The van der Waals surface area contributed by atoms with Crippen LogP contribution in [0.4, 0.5) is 0 Å². The second kappa shape index (κ2) is 8.33. The van der Waals surface area contributed by atoms with Crippen molar-refractivity contribution in [3.63, 3.8) is 0 Å². The van der Waals surface area contributed by atoms with E-state index in [4.69, 9.17) is 4.74 Å². The minimum atomic E-state index is -0.528. The number of esters is 1. The molecule has 1 aromatic carbocycles. The van der Waals surface area contributed by atoms with Crippen LogP contribution in [0.1, 0.15) is 44.7 Å². The molecule has 0 unspecified atom stereocenters. The molecule has 1 aliphatic carbocycles. The zero-order chi connectivity index (χ0) is 20.4. The lowest BCUT2D eigenvalue weighted by molar-refractivity contribution is -0.139. The highest BCUT2D eigenvalue weighted by atomic mass is 32.1. The van der Waals surface area contributed by atoms with Crippen molar-refractivity contribution in [2.45, 2.75) is 39.2 Å². The van der Waals surface area contributed by atoms with Gasteiger partial charge in [-0.15, -0.1) is 0 Å². The Bertz CT molecular complexity index is 1150. The van der Waals surface area contributed by atoms with Crippen LogP contribution < -0.4 is 14.9 Å². The number of aromatic nitrogens is 1. The Labute approximate surface area is 173 Å². The summed E-state index contributed by atoms with van der Waals surface area (Å²) in [6.07, 6.45) is 9.50. The first-order valence-electron chi connectivity index (χ1n) is 10.00. The van der Waals surface area contributed by atoms with Crippen LogP contribution in [-0.2, 0) is 9.53 Å². The molecule has 0 radical (unpaired) electrons. The molecule has 1 aromatic heterocycles. The Morgan fingerprint density at radius 2 is 2.10 bits per heavy atom. The van der Waals surface area contributed by atoms with E-state index in [1.807, 2.05) is 37.3 Å². The molecule has 0 fully saturated rings. The van der Waals surface area contributed by atoms with Crippen molar-refractivity contribution in [2.75, 3.05) is 6.61 Å². The van der Waals surface area contributed by atoms with E-state index in [1.165, 1.54) is 11.3 Å². The first kappa shape index (κ1) is 19.6. The van der Waals surface area contributed by atoms with Gasteiger partial charge < -0.3 is 4.74 Å². The highest BCUT2D eigenvalue weighted by Crippen LogP contribution is 2.30. The first-order valence-corrected chi connectivity index (χ1v) is 10.8. The van der Waals surface area contributed by atoms with Gasteiger partial charge in [-0.25, -0.2) is 9.79 Å². The third-order valence-electron chi connectivity index (χ3n) is 5.33. The lowest BCUT2D eigenvalue weighted by Gasteiger charge is -2.24. The van der Waals surface area contributed by atoms with Crippen LogP contribution in [0.15, 0.2) is 63.5 Å². The van der Waals surface area contributed by atoms with E-state index in [2.05, 4.69) is 23.2 Å². The Morgan fingerprint density at radius 3 is 2.79 bits per heavy atom.